The number of anilines is 1. The molecule has 0 saturated heterocycles. The highest BCUT2D eigenvalue weighted by atomic mass is 16.4. The molecule has 0 amide bonds. The molecular formula is C13H16N2O2. The van der Waals surface area contributed by atoms with Crippen molar-refractivity contribution in [1.29, 1.82) is 5.26 Å². The summed E-state index contributed by atoms with van der Waals surface area (Å²) in [6.45, 7) is 5.37. The van der Waals surface area contributed by atoms with E-state index in [2.05, 4.69) is 11.0 Å². The molecule has 4 nitrogen and oxygen atoms in total. The Morgan fingerprint density at radius 3 is 2.71 bits per heavy atom. The fraction of sp³-hybridized carbons (Fsp3) is 0.385. The zero-order valence-electron chi connectivity index (χ0n) is 10.1. The van der Waals surface area contributed by atoms with Crippen molar-refractivity contribution in [1.82, 2.24) is 0 Å². The highest BCUT2D eigenvalue weighted by molar-refractivity contribution is 5.88. The summed E-state index contributed by atoms with van der Waals surface area (Å²) in [7, 11) is 0. The second-order valence-electron chi connectivity index (χ2n) is 3.79. The maximum absolute atomic E-state index is 10.8. The van der Waals surface area contributed by atoms with Gasteiger partial charge in [-0.05, 0) is 37.6 Å². The number of aromatic carboxylic acids is 1. The molecule has 0 aromatic heterocycles. The van der Waals surface area contributed by atoms with Crippen LogP contribution < -0.4 is 4.90 Å². The summed E-state index contributed by atoms with van der Waals surface area (Å²) in [5.41, 5.74) is 2.21. The lowest BCUT2D eigenvalue weighted by atomic mass is 10.1. The molecule has 1 aromatic rings. The molecule has 0 aliphatic heterocycles. The summed E-state index contributed by atoms with van der Waals surface area (Å²) < 4.78 is 0. The van der Waals surface area contributed by atoms with E-state index in [0.29, 0.717) is 18.5 Å². The maximum atomic E-state index is 10.8. The fourth-order valence-electron chi connectivity index (χ4n) is 1.78. The van der Waals surface area contributed by atoms with Gasteiger partial charge in [0.2, 0.25) is 0 Å². The van der Waals surface area contributed by atoms with Gasteiger partial charge in [-0.15, -0.1) is 0 Å². The van der Waals surface area contributed by atoms with E-state index in [1.165, 1.54) is 0 Å². The highest BCUT2D eigenvalue weighted by Gasteiger charge is 2.10. The zero-order valence-corrected chi connectivity index (χ0v) is 10.1. The van der Waals surface area contributed by atoms with E-state index in [9.17, 15) is 4.79 Å². The predicted molar refractivity (Wildman–Crippen MR) is 66.3 cm³/mol. The number of nitrogens with zero attached hydrogens (tertiary/aromatic N) is 2. The van der Waals surface area contributed by atoms with Crippen molar-refractivity contribution in [3.8, 4) is 6.07 Å². The Hall–Kier alpha value is -2.02. The quantitative estimate of drug-likeness (QED) is 0.846. The van der Waals surface area contributed by atoms with Crippen LogP contribution in [0.1, 0.15) is 29.3 Å². The molecule has 0 aliphatic rings. The van der Waals surface area contributed by atoms with Crippen molar-refractivity contribution >= 4 is 11.7 Å². The first-order valence-corrected chi connectivity index (χ1v) is 5.56. The van der Waals surface area contributed by atoms with Crippen LogP contribution in [0.4, 0.5) is 5.69 Å². The number of nitriles is 1. The number of benzene rings is 1. The largest absolute Gasteiger partial charge is 0.478 e. The molecule has 1 rings (SSSR count). The molecule has 0 spiro atoms. The van der Waals surface area contributed by atoms with Gasteiger partial charge in [0.15, 0.2) is 0 Å². The van der Waals surface area contributed by atoms with E-state index in [1.807, 2.05) is 13.8 Å². The molecular weight excluding hydrogens is 216 g/mol. The van der Waals surface area contributed by atoms with E-state index in [4.69, 9.17) is 10.4 Å². The summed E-state index contributed by atoms with van der Waals surface area (Å²) >= 11 is 0. The van der Waals surface area contributed by atoms with Crippen LogP contribution in [0.25, 0.3) is 0 Å². The SMILES string of the molecule is CCN(CCC#N)c1ccc(C(=O)O)cc1C. The van der Waals surface area contributed by atoms with Crippen LogP contribution in [0.5, 0.6) is 0 Å². The van der Waals surface area contributed by atoms with E-state index < -0.39 is 5.97 Å². The molecule has 0 fully saturated rings. The monoisotopic (exact) mass is 232 g/mol. The third-order valence-electron chi connectivity index (χ3n) is 2.66. The van der Waals surface area contributed by atoms with Crippen molar-refractivity contribution < 1.29 is 9.90 Å². The van der Waals surface area contributed by atoms with Crippen LogP contribution in [0.15, 0.2) is 18.2 Å². The average Bonchev–Trinajstić information content (AvgIpc) is 2.31. The van der Waals surface area contributed by atoms with Gasteiger partial charge in [-0.3, -0.25) is 0 Å². The van der Waals surface area contributed by atoms with Crippen LogP contribution in [0, 0.1) is 18.3 Å². The summed E-state index contributed by atoms with van der Waals surface area (Å²) in [5, 5.41) is 17.5. The fourth-order valence-corrected chi connectivity index (χ4v) is 1.78. The third-order valence-corrected chi connectivity index (χ3v) is 2.66. The molecule has 1 aromatic carbocycles. The van der Waals surface area contributed by atoms with E-state index >= 15 is 0 Å². The summed E-state index contributed by atoms with van der Waals surface area (Å²) in [6.07, 6.45) is 0.466. The second kappa shape index (κ2) is 5.90. The minimum absolute atomic E-state index is 0.294. The molecule has 1 N–H and O–H groups in total. The molecule has 0 heterocycles. The number of aryl methyl sites for hydroxylation is 1. The van der Waals surface area contributed by atoms with E-state index in [-0.39, 0.29) is 0 Å². The molecule has 0 aliphatic carbocycles. The van der Waals surface area contributed by atoms with Crippen LogP contribution in [0.2, 0.25) is 0 Å². The number of rotatable bonds is 5. The molecule has 4 heteroatoms. The first kappa shape index (κ1) is 13.0. The molecule has 90 valence electrons. The van der Waals surface area contributed by atoms with E-state index in [0.717, 1.165) is 17.8 Å². The Balaban J connectivity index is 2.97. The minimum atomic E-state index is -0.917. The number of hydrogen-bond acceptors (Lipinski definition) is 3. The average molecular weight is 232 g/mol. The summed E-state index contributed by atoms with van der Waals surface area (Å²) in [6, 6.07) is 7.18. The lowest BCUT2D eigenvalue weighted by Gasteiger charge is -2.24. The van der Waals surface area contributed by atoms with Crippen molar-refractivity contribution in [3.63, 3.8) is 0 Å². The second-order valence-corrected chi connectivity index (χ2v) is 3.79. The Morgan fingerprint density at radius 1 is 1.53 bits per heavy atom. The number of carbonyl (C=O) groups is 1. The van der Waals surface area contributed by atoms with Crippen molar-refractivity contribution in [2.75, 3.05) is 18.0 Å². The zero-order chi connectivity index (χ0) is 12.8. The van der Waals surface area contributed by atoms with Crippen LogP contribution in [-0.4, -0.2) is 24.2 Å². The molecule has 0 radical (unpaired) electrons. The van der Waals surface area contributed by atoms with Crippen LogP contribution >= 0.6 is 0 Å². The standard InChI is InChI=1S/C13H16N2O2/c1-3-15(8-4-7-14)12-6-5-11(13(16)17)9-10(12)2/h5-6,9H,3-4,8H2,1-2H3,(H,16,17). The Morgan fingerprint density at radius 2 is 2.24 bits per heavy atom. The van der Waals surface area contributed by atoms with Gasteiger partial charge in [0.1, 0.15) is 0 Å². The first-order valence-electron chi connectivity index (χ1n) is 5.56. The molecule has 0 saturated carbocycles. The van der Waals surface area contributed by atoms with Gasteiger partial charge >= 0.3 is 5.97 Å². The first-order chi connectivity index (χ1) is 8.10. The summed E-state index contributed by atoms with van der Waals surface area (Å²) in [4.78, 5) is 12.9. The summed E-state index contributed by atoms with van der Waals surface area (Å²) in [5.74, 6) is -0.917. The molecule has 0 unspecified atom stereocenters. The van der Waals surface area contributed by atoms with Gasteiger partial charge in [-0.1, -0.05) is 0 Å². The van der Waals surface area contributed by atoms with Gasteiger partial charge < -0.3 is 10.0 Å². The van der Waals surface area contributed by atoms with Gasteiger partial charge in [-0.25, -0.2) is 4.79 Å². The number of carboxylic acids is 1. The Labute approximate surface area is 101 Å². The highest BCUT2D eigenvalue weighted by Crippen LogP contribution is 2.21. The number of carboxylic acid groups (broad SMARTS) is 1. The van der Waals surface area contributed by atoms with E-state index in [1.54, 1.807) is 18.2 Å². The van der Waals surface area contributed by atoms with Gasteiger partial charge in [0, 0.05) is 18.8 Å². The molecule has 17 heavy (non-hydrogen) atoms. The normalized spacial score (nSPS) is 9.71. The molecule has 0 atom stereocenters. The molecule has 0 bridgehead atoms. The van der Waals surface area contributed by atoms with Crippen LogP contribution in [0.3, 0.4) is 0 Å². The lowest BCUT2D eigenvalue weighted by molar-refractivity contribution is 0.0697. The Kier molecular flexibility index (Phi) is 4.53. The number of hydrogen-bond donors (Lipinski definition) is 1. The smallest absolute Gasteiger partial charge is 0.335 e. The van der Waals surface area contributed by atoms with Gasteiger partial charge in [0.25, 0.3) is 0 Å². The Bertz CT molecular complexity index is 449. The van der Waals surface area contributed by atoms with Gasteiger partial charge in [0.05, 0.1) is 18.1 Å². The lowest BCUT2D eigenvalue weighted by Crippen LogP contribution is -2.24. The van der Waals surface area contributed by atoms with Crippen molar-refractivity contribution in [3.05, 3.63) is 29.3 Å². The van der Waals surface area contributed by atoms with Gasteiger partial charge in [-0.2, -0.15) is 5.26 Å². The predicted octanol–water partition coefficient (Wildman–Crippen LogP) is 2.43. The minimum Gasteiger partial charge on any atom is -0.478 e. The van der Waals surface area contributed by atoms with Crippen molar-refractivity contribution in [2.24, 2.45) is 0 Å². The van der Waals surface area contributed by atoms with Crippen molar-refractivity contribution in [2.45, 2.75) is 20.3 Å². The third kappa shape index (κ3) is 3.22. The topological polar surface area (TPSA) is 64.3 Å². The maximum Gasteiger partial charge on any atom is 0.335 e. The van der Waals surface area contributed by atoms with Crippen LogP contribution in [-0.2, 0) is 0 Å².